The van der Waals surface area contributed by atoms with Crippen LogP contribution in [0.2, 0.25) is 0 Å². The Balaban J connectivity index is 1.78. The monoisotopic (exact) mass is 310 g/mol. The normalized spacial score (nSPS) is 15.5. The van der Waals surface area contributed by atoms with E-state index >= 15 is 0 Å². The number of likely N-dealkylation sites (tertiary alicyclic amines) is 1. The lowest BCUT2D eigenvalue weighted by Crippen LogP contribution is -2.38. The fourth-order valence-corrected chi connectivity index (χ4v) is 2.77. The third-order valence-electron chi connectivity index (χ3n) is 4.38. The van der Waals surface area contributed by atoms with Gasteiger partial charge in [0.1, 0.15) is 5.69 Å². The molecule has 0 spiro atoms. The van der Waals surface area contributed by atoms with Gasteiger partial charge in [-0.2, -0.15) is 0 Å². The number of anilines is 2. The quantitative estimate of drug-likeness (QED) is 0.874. The molecule has 1 aliphatic rings. The van der Waals surface area contributed by atoms with Gasteiger partial charge < -0.3 is 9.80 Å². The van der Waals surface area contributed by atoms with Crippen LogP contribution in [0.4, 0.5) is 11.6 Å². The van der Waals surface area contributed by atoms with Crippen molar-refractivity contribution in [1.29, 1.82) is 0 Å². The van der Waals surface area contributed by atoms with E-state index in [1.807, 2.05) is 47.2 Å². The highest BCUT2D eigenvalue weighted by Gasteiger charge is 2.23. The minimum Gasteiger partial charge on any atom is -0.337 e. The lowest BCUT2D eigenvalue weighted by atomic mass is 9.99. The van der Waals surface area contributed by atoms with E-state index in [9.17, 15) is 4.79 Å². The Hall–Kier alpha value is -2.43. The second-order valence-corrected chi connectivity index (χ2v) is 6.11. The molecular weight excluding hydrogens is 288 g/mol. The van der Waals surface area contributed by atoms with Gasteiger partial charge in [-0.25, -0.2) is 9.97 Å². The van der Waals surface area contributed by atoms with Gasteiger partial charge in [0.15, 0.2) is 0 Å². The molecule has 5 heteroatoms. The fraction of sp³-hybridized carbons (Fsp3) is 0.389. The molecule has 1 amide bonds. The van der Waals surface area contributed by atoms with E-state index in [1.165, 1.54) is 0 Å². The van der Waals surface area contributed by atoms with Crippen LogP contribution in [-0.4, -0.2) is 40.9 Å². The molecule has 0 radical (unpaired) electrons. The molecule has 5 nitrogen and oxygen atoms in total. The largest absolute Gasteiger partial charge is 0.337 e. The molecule has 0 bridgehead atoms. The van der Waals surface area contributed by atoms with Gasteiger partial charge in [-0.1, -0.05) is 25.1 Å². The van der Waals surface area contributed by atoms with Crippen LogP contribution in [-0.2, 0) is 0 Å². The van der Waals surface area contributed by atoms with Gasteiger partial charge in [0.25, 0.3) is 5.91 Å². The number of hydrogen-bond donors (Lipinski definition) is 0. The molecular formula is C18H22N4O. The highest BCUT2D eigenvalue weighted by Crippen LogP contribution is 2.21. The molecule has 1 aromatic heterocycles. The van der Waals surface area contributed by atoms with Crippen molar-refractivity contribution in [2.45, 2.75) is 19.8 Å². The minimum absolute atomic E-state index is 0.00186. The van der Waals surface area contributed by atoms with Crippen molar-refractivity contribution in [2.24, 2.45) is 5.92 Å². The molecule has 2 heterocycles. The van der Waals surface area contributed by atoms with Gasteiger partial charge in [-0.05, 0) is 37.0 Å². The summed E-state index contributed by atoms with van der Waals surface area (Å²) >= 11 is 0. The van der Waals surface area contributed by atoms with Gasteiger partial charge in [0.2, 0.25) is 5.95 Å². The van der Waals surface area contributed by atoms with Gasteiger partial charge in [0, 0.05) is 32.0 Å². The van der Waals surface area contributed by atoms with Crippen LogP contribution in [0.25, 0.3) is 0 Å². The molecule has 1 fully saturated rings. The summed E-state index contributed by atoms with van der Waals surface area (Å²) < 4.78 is 0. The molecule has 1 aliphatic heterocycles. The average Bonchev–Trinajstić information content (AvgIpc) is 2.62. The van der Waals surface area contributed by atoms with Crippen molar-refractivity contribution in [1.82, 2.24) is 14.9 Å². The number of carbonyl (C=O) groups excluding carboxylic acids is 1. The molecule has 120 valence electrons. The first-order chi connectivity index (χ1) is 11.1. The van der Waals surface area contributed by atoms with E-state index in [4.69, 9.17) is 0 Å². The zero-order chi connectivity index (χ0) is 16.2. The lowest BCUT2D eigenvalue weighted by Gasteiger charge is -2.30. The maximum Gasteiger partial charge on any atom is 0.272 e. The standard InChI is InChI=1S/C18H22N4O/c1-14-9-12-22(13-10-14)17(23)16-8-11-19-18(20-16)21(2)15-6-4-3-5-7-15/h3-8,11,14H,9-10,12-13H2,1-2H3. The number of para-hydroxylation sites is 1. The van der Waals surface area contributed by atoms with Crippen LogP contribution in [0, 0.1) is 5.92 Å². The van der Waals surface area contributed by atoms with Crippen LogP contribution >= 0.6 is 0 Å². The molecule has 23 heavy (non-hydrogen) atoms. The van der Waals surface area contributed by atoms with Crippen molar-refractivity contribution >= 4 is 17.5 Å². The average molecular weight is 310 g/mol. The second kappa shape index (κ2) is 6.77. The third-order valence-corrected chi connectivity index (χ3v) is 4.38. The SMILES string of the molecule is CC1CCN(C(=O)c2ccnc(N(C)c3ccccc3)n2)CC1. The van der Waals surface area contributed by atoms with E-state index < -0.39 is 0 Å². The highest BCUT2D eigenvalue weighted by atomic mass is 16.2. The molecule has 0 aliphatic carbocycles. The summed E-state index contributed by atoms with van der Waals surface area (Å²) in [5.74, 6) is 1.23. The summed E-state index contributed by atoms with van der Waals surface area (Å²) in [7, 11) is 1.90. The Bertz CT molecular complexity index is 666. The Morgan fingerprint density at radius 1 is 1.17 bits per heavy atom. The van der Waals surface area contributed by atoms with Crippen molar-refractivity contribution in [3.05, 3.63) is 48.3 Å². The summed E-state index contributed by atoms with van der Waals surface area (Å²) in [6, 6.07) is 11.6. The smallest absolute Gasteiger partial charge is 0.272 e. The number of benzene rings is 1. The summed E-state index contributed by atoms with van der Waals surface area (Å²) in [5.41, 5.74) is 1.45. The summed E-state index contributed by atoms with van der Waals surface area (Å²) in [4.78, 5) is 25.2. The molecule has 0 atom stereocenters. The first-order valence-electron chi connectivity index (χ1n) is 8.06. The first-order valence-corrected chi connectivity index (χ1v) is 8.06. The highest BCUT2D eigenvalue weighted by molar-refractivity contribution is 5.92. The van der Waals surface area contributed by atoms with Crippen LogP contribution in [0.3, 0.4) is 0 Å². The first kappa shape index (κ1) is 15.5. The number of amides is 1. The maximum atomic E-state index is 12.6. The number of aromatic nitrogens is 2. The topological polar surface area (TPSA) is 49.3 Å². The Labute approximate surface area is 137 Å². The van der Waals surface area contributed by atoms with E-state index in [0.717, 1.165) is 31.6 Å². The molecule has 2 aromatic rings. The van der Waals surface area contributed by atoms with Gasteiger partial charge in [-0.15, -0.1) is 0 Å². The number of rotatable bonds is 3. The fourth-order valence-electron chi connectivity index (χ4n) is 2.77. The number of nitrogens with zero attached hydrogens (tertiary/aromatic N) is 4. The zero-order valence-electron chi connectivity index (χ0n) is 13.6. The molecule has 1 saturated heterocycles. The van der Waals surface area contributed by atoms with Crippen molar-refractivity contribution in [3.63, 3.8) is 0 Å². The van der Waals surface area contributed by atoms with Gasteiger partial charge in [-0.3, -0.25) is 4.79 Å². The summed E-state index contributed by atoms with van der Waals surface area (Å²) in [6.07, 6.45) is 3.78. The predicted octanol–water partition coefficient (Wildman–Crippen LogP) is 3.12. The van der Waals surface area contributed by atoms with Crippen molar-refractivity contribution in [3.8, 4) is 0 Å². The zero-order valence-corrected chi connectivity index (χ0v) is 13.6. The van der Waals surface area contributed by atoms with Crippen molar-refractivity contribution < 1.29 is 4.79 Å². The third kappa shape index (κ3) is 3.50. The molecule has 0 saturated carbocycles. The predicted molar refractivity (Wildman–Crippen MR) is 90.8 cm³/mol. The van der Waals surface area contributed by atoms with Crippen LogP contribution < -0.4 is 4.90 Å². The van der Waals surface area contributed by atoms with Crippen LogP contribution in [0.1, 0.15) is 30.3 Å². The Morgan fingerprint density at radius 2 is 1.87 bits per heavy atom. The minimum atomic E-state index is 0.00186. The molecule has 3 rings (SSSR count). The van der Waals surface area contributed by atoms with E-state index in [-0.39, 0.29) is 5.91 Å². The number of carbonyl (C=O) groups is 1. The van der Waals surface area contributed by atoms with Gasteiger partial charge >= 0.3 is 0 Å². The van der Waals surface area contributed by atoms with Crippen LogP contribution in [0.5, 0.6) is 0 Å². The number of hydrogen-bond acceptors (Lipinski definition) is 4. The van der Waals surface area contributed by atoms with Gasteiger partial charge in [0.05, 0.1) is 0 Å². The number of piperidine rings is 1. The Kier molecular flexibility index (Phi) is 4.55. The molecule has 0 N–H and O–H groups in total. The lowest BCUT2D eigenvalue weighted by molar-refractivity contribution is 0.0691. The van der Waals surface area contributed by atoms with E-state index in [1.54, 1.807) is 12.3 Å². The molecule has 0 unspecified atom stereocenters. The molecule has 1 aromatic carbocycles. The second-order valence-electron chi connectivity index (χ2n) is 6.11. The Morgan fingerprint density at radius 3 is 2.57 bits per heavy atom. The van der Waals surface area contributed by atoms with Crippen molar-refractivity contribution in [2.75, 3.05) is 25.0 Å². The van der Waals surface area contributed by atoms with Crippen LogP contribution in [0.15, 0.2) is 42.6 Å². The van der Waals surface area contributed by atoms with E-state index in [0.29, 0.717) is 17.6 Å². The summed E-state index contributed by atoms with van der Waals surface area (Å²) in [5, 5.41) is 0. The summed E-state index contributed by atoms with van der Waals surface area (Å²) in [6.45, 7) is 3.86. The maximum absolute atomic E-state index is 12.6. The van der Waals surface area contributed by atoms with E-state index in [2.05, 4.69) is 16.9 Å².